The quantitative estimate of drug-likeness (QED) is 0.371. The van der Waals surface area contributed by atoms with Crippen molar-refractivity contribution in [2.45, 2.75) is 41.1 Å². The first kappa shape index (κ1) is 21.8. The van der Waals surface area contributed by atoms with Crippen LogP contribution in [0.15, 0.2) is 93.5 Å². The number of hydrogen-bond acceptors (Lipinski definition) is 4. The minimum absolute atomic E-state index is 0.155. The summed E-state index contributed by atoms with van der Waals surface area (Å²) in [5.74, 6) is 0.972. The molecule has 0 bridgehead atoms. The van der Waals surface area contributed by atoms with Gasteiger partial charge in [0.15, 0.2) is 22.1 Å². The van der Waals surface area contributed by atoms with E-state index in [1.807, 2.05) is 75.4 Å². The van der Waals surface area contributed by atoms with Crippen LogP contribution in [0.4, 0.5) is 0 Å². The fraction of sp³-hybridized carbons (Fsp3) is 0.240. The highest BCUT2D eigenvalue weighted by Crippen LogP contribution is 2.38. The summed E-state index contributed by atoms with van der Waals surface area (Å²) in [4.78, 5) is 15.5. The molecule has 0 aromatic heterocycles. The van der Waals surface area contributed by atoms with Gasteiger partial charge in [0.2, 0.25) is 4.90 Å². The molecular formula is C25H27O4S+. The first-order valence-corrected chi connectivity index (χ1v) is 11.0. The van der Waals surface area contributed by atoms with Crippen LogP contribution in [0.2, 0.25) is 0 Å². The molecule has 0 unspecified atom stereocenters. The zero-order valence-electron chi connectivity index (χ0n) is 17.8. The number of esters is 1. The third kappa shape index (κ3) is 5.80. The van der Waals surface area contributed by atoms with Crippen molar-refractivity contribution < 1.29 is 19.0 Å². The zero-order chi connectivity index (χ0) is 21.6. The minimum Gasteiger partial charge on any atom is -0.497 e. The summed E-state index contributed by atoms with van der Waals surface area (Å²) < 4.78 is 16.8. The van der Waals surface area contributed by atoms with Gasteiger partial charge >= 0.3 is 5.97 Å². The summed E-state index contributed by atoms with van der Waals surface area (Å²) in [7, 11) is 1.21. The predicted octanol–water partition coefficient (Wildman–Crippen LogP) is 5.51. The van der Waals surface area contributed by atoms with Crippen LogP contribution in [0.5, 0.6) is 11.5 Å². The molecule has 0 spiro atoms. The van der Waals surface area contributed by atoms with Crippen LogP contribution in [0.1, 0.15) is 20.8 Å². The molecule has 0 N–H and O–H groups in total. The lowest BCUT2D eigenvalue weighted by Gasteiger charge is -2.20. The van der Waals surface area contributed by atoms with Gasteiger partial charge in [0.05, 0.1) is 7.11 Å². The van der Waals surface area contributed by atoms with Gasteiger partial charge in [0.25, 0.3) is 0 Å². The summed E-state index contributed by atoms with van der Waals surface area (Å²) in [6.45, 7) is 5.36. The highest BCUT2D eigenvalue weighted by Gasteiger charge is 2.33. The summed E-state index contributed by atoms with van der Waals surface area (Å²) >= 11 is 0. The molecule has 0 saturated heterocycles. The van der Waals surface area contributed by atoms with E-state index in [1.165, 1.54) is 0 Å². The van der Waals surface area contributed by atoms with Crippen LogP contribution in [0.25, 0.3) is 0 Å². The number of methoxy groups -OCH3 is 1. The molecule has 0 fully saturated rings. The van der Waals surface area contributed by atoms with Gasteiger partial charge in [-0.15, -0.1) is 0 Å². The fourth-order valence-electron chi connectivity index (χ4n) is 2.90. The molecule has 3 aromatic carbocycles. The highest BCUT2D eigenvalue weighted by atomic mass is 32.2. The molecule has 0 amide bonds. The van der Waals surface area contributed by atoms with E-state index in [0.29, 0.717) is 5.75 Å². The number of rotatable bonds is 7. The average molecular weight is 424 g/mol. The lowest BCUT2D eigenvalue weighted by molar-refractivity contribution is -0.157. The Hall–Kier alpha value is -2.92. The number of benzene rings is 3. The van der Waals surface area contributed by atoms with Crippen molar-refractivity contribution in [2.24, 2.45) is 0 Å². The van der Waals surface area contributed by atoms with Crippen LogP contribution in [-0.2, 0) is 20.4 Å². The molecule has 0 atom stereocenters. The second kappa shape index (κ2) is 9.72. The predicted molar refractivity (Wildman–Crippen MR) is 119 cm³/mol. The monoisotopic (exact) mass is 423 g/mol. The molecule has 0 radical (unpaired) electrons. The maximum Gasteiger partial charge on any atom is 0.344 e. The number of ether oxygens (including phenoxy) is 3. The molecule has 30 heavy (non-hydrogen) atoms. The summed E-state index contributed by atoms with van der Waals surface area (Å²) in [6.07, 6.45) is 0. The Morgan fingerprint density at radius 1 is 0.867 bits per heavy atom. The van der Waals surface area contributed by atoms with Crippen LogP contribution in [0, 0.1) is 0 Å². The lowest BCUT2D eigenvalue weighted by Crippen LogP contribution is -2.27. The Kier molecular flexibility index (Phi) is 7.06. The fourth-order valence-corrected chi connectivity index (χ4v) is 5.11. The molecule has 0 heterocycles. The second-order valence-corrected chi connectivity index (χ2v) is 9.62. The maximum atomic E-state index is 12.2. The molecule has 4 nitrogen and oxygen atoms in total. The Bertz CT molecular complexity index is 926. The van der Waals surface area contributed by atoms with E-state index in [2.05, 4.69) is 24.3 Å². The van der Waals surface area contributed by atoms with Gasteiger partial charge in [-0.25, -0.2) is 4.79 Å². The number of carbonyl (C=O) groups excluding carboxylic acids is 1. The molecule has 3 rings (SSSR count). The van der Waals surface area contributed by atoms with Crippen LogP contribution < -0.4 is 9.47 Å². The minimum atomic E-state index is -0.554. The van der Waals surface area contributed by atoms with Crippen molar-refractivity contribution in [3.63, 3.8) is 0 Å². The summed E-state index contributed by atoms with van der Waals surface area (Å²) in [5.41, 5.74) is -0.554. The van der Waals surface area contributed by atoms with Gasteiger partial charge in [0, 0.05) is 6.07 Å². The number of carbonyl (C=O) groups is 1. The first-order valence-electron chi connectivity index (χ1n) is 9.74. The van der Waals surface area contributed by atoms with E-state index in [1.54, 1.807) is 7.11 Å². The van der Waals surface area contributed by atoms with Crippen molar-refractivity contribution in [1.82, 2.24) is 0 Å². The topological polar surface area (TPSA) is 44.8 Å². The van der Waals surface area contributed by atoms with Gasteiger partial charge in [-0.1, -0.05) is 36.4 Å². The number of hydrogen-bond donors (Lipinski definition) is 0. The SMILES string of the molecule is COc1ccc(OCC(=O)OC(C)(C)C)c([S+](c2ccccc2)c2ccccc2)c1. The highest BCUT2D eigenvalue weighted by molar-refractivity contribution is 7.97. The normalized spacial score (nSPS) is 11.2. The Balaban J connectivity index is 2.01. The molecule has 0 aliphatic heterocycles. The zero-order valence-corrected chi connectivity index (χ0v) is 18.6. The van der Waals surface area contributed by atoms with E-state index in [-0.39, 0.29) is 6.61 Å². The maximum absolute atomic E-state index is 12.2. The molecule has 0 saturated carbocycles. The van der Waals surface area contributed by atoms with E-state index >= 15 is 0 Å². The van der Waals surface area contributed by atoms with E-state index < -0.39 is 22.5 Å². The Morgan fingerprint density at radius 3 is 1.93 bits per heavy atom. The smallest absolute Gasteiger partial charge is 0.344 e. The van der Waals surface area contributed by atoms with E-state index in [4.69, 9.17) is 14.2 Å². The largest absolute Gasteiger partial charge is 0.497 e. The van der Waals surface area contributed by atoms with Crippen molar-refractivity contribution in [3.05, 3.63) is 78.9 Å². The first-order chi connectivity index (χ1) is 14.4. The van der Waals surface area contributed by atoms with Gasteiger partial charge < -0.3 is 14.2 Å². The molecule has 0 aliphatic carbocycles. The van der Waals surface area contributed by atoms with E-state index in [9.17, 15) is 4.79 Å². The van der Waals surface area contributed by atoms with Crippen LogP contribution in [0.3, 0.4) is 0 Å². The van der Waals surface area contributed by atoms with Gasteiger partial charge in [-0.3, -0.25) is 0 Å². The third-order valence-corrected chi connectivity index (χ3v) is 6.34. The standard InChI is InChI=1S/C25H27O4S/c1-25(2,3)29-24(26)18-28-22-16-15-19(27-4)17-23(22)30(20-11-7-5-8-12-20)21-13-9-6-10-14-21/h5-17H,18H2,1-4H3/q+1. The molecule has 0 aliphatic rings. The van der Waals surface area contributed by atoms with E-state index in [0.717, 1.165) is 20.4 Å². The van der Waals surface area contributed by atoms with Crippen molar-refractivity contribution in [1.29, 1.82) is 0 Å². The van der Waals surface area contributed by atoms with Crippen molar-refractivity contribution in [3.8, 4) is 11.5 Å². The lowest BCUT2D eigenvalue weighted by atomic mass is 10.2. The molecule has 156 valence electrons. The molecular weight excluding hydrogens is 396 g/mol. The third-order valence-electron chi connectivity index (χ3n) is 4.09. The van der Waals surface area contributed by atoms with Gasteiger partial charge in [-0.2, -0.15) is 0 Å². The Labute approximate surface area is 181 Å². The molecule has 3 aromatic rings. The summed E-state index contributed by atoms with van der Waals surface area (Å²) in [5, 5.41) is 0. The second-order valence-electron chi connectivity index (χ2n) is 7.62. The van der Waals surface area contributed by atoms with Crippen LogP contribution in [-0.4, -0.2) is 25.3 Å². The van der Waals surface area contributed by atoms with Gasteiger partial charge in [-0.05, 0) is 57.2 Å². The van der Waals surface area contributed by atoms with Crippen LogP contribution >= 0.6 is 0 Å². The summed E-state index contributed by atoms with van der Waals surface area (Å²) in [6, 6.07) is 26.2. The average Bonchev–Trinajstić information content (AvgIpc) is 2.73. The van der Waals surface area contributed by atoms with Crippen molar-refractivity contribution >= 4 is 16.9 Å². The van der Waals surface area contributed by atoms with Crippen molar-refractivity contribution in [2.75, 3.05) is 13.7 Å². The molecule has 5 heteroatoms. The Morgan fingerprint density at radius 2 is 1.43 bits per heavy atom. The van der Waals surface area contributed by atoms with Gasteiger partial charge in [0.1, 0.15) is 22.2 Å².